The summed E-state index contributed by atoms with van der Waals surface area (Å²) in [6, 6.07) is 9.48. The molecule has 2 N–H and O–H groups in total. The van der Waals surface area contributed by atoms with Crippen LogP contribution in [0.25, 0.3) is 0 Å². The van der Waals surface area contributed by atoms with Crippen LogP contribution in [-0.4, -0.2) is 25.5 Å². The van der Waals surface area contributed by atoms with E-state index in [2.05, 4.69) is 10.0 Å². The van der Waals surface area contributed by atoms with E-state index in [9.17, 15) is 23.3 Å². The van der Waals surface area contributed by atoms with E-state index in [1.165, 1.54) is 42.5 Å². The lowest BCUT2D eigenvalue weighted by molar-refractivity contribution is -0.384. The molecule has 0 unspecified atom stereocenters. The molecule has 10 heteroatoms. The molecule has 0 fully saturated rings. The third-order valence-electron chi connectivity index (χ3n) is 2.83. The summed E-state index contributed by atoms with van der Waals surface area (Å²) in [5, 5.41) is 13.3. The second-order valence-electron chi connectivity index (χ2n) is 4.83. The Morgan fingerprint density at radius 2 is 1.88 bits per heavy atom. The first kappa shape index (κ1) is 17.7. The average molecular weight is 370 g/mol. The van der Waals surface area contributed by atoms with Crippen LogP contribution in [0, 0.1) is 10.1 Å². The molecule has 2 aromatic rings. The van der Waals surface area contributed by atoms with E-state index in [-0.39, 0.29) is 27.6 Å². The zero-order valence-corrected chi connectivity index (χ0v) is 13.9. The van der Waals surface area contributed by atoms with Crippen LogP contribution in [0.2, 0.25) is 5.02 Å². The molecule has 1 amide bonds. The number of hydrogen-bond donors (Lipinski definition) is 2. The lowest BCUT2D eigenvalue weighted by Crippen LogP contribution is -2.13. The molecule has 0 aromatic heterocycles. The average Bonchev–Trinajstić information content (AvgIpc) is 2.45. The van der Waals surface area contributed by atoms with E-state index >= 15 is 0 Å². The van der Waals surface area contributed by atoms with Crippen LogP contribution in [0.1, 0.15) is 10.4 Å². The first-order valence-electron chi connectivity index (χ1n) is 6.49. The molecule has 0 atom stereocenters. The quantitative estimate of drug-likeness (QED) is 0.620. The van der Waals surface area contributed by atoms with Crippen molar-refractivity contribution in [1.82, 2.24) is 0 Å². The summed E-state index contributed by atoms with van der Waals surface area (Å²) in [5.74, 6) is -0.577. The van der Waals surface area contributed by atoms with Gasteiger partial charge in [-0.05, 0) is 24.3 Å². The number of nitrogens with one attached hydrogen (secondary N) is 2. The third kappa shape index (κ3) is 4.67. The van der Waals surface area contributed by atoms with Crippen LogP contribution in [0.3, 0.4) is 0 Å². The van der Waals surface area contributed by atoms with E-state index in [4.69, 9.17) is 11.6 Å². The van der Waals surface area contributed by atoms with Gasteiger partial charge in [-0.3, -0.25) is 19.6 Å². The van der Waals surface area contributed by atoms with E-state index in [0.29, 0.717) is 0 Å². The van der Waals surface area contributed by atoms with Gasteiger partial charge in [0.2, 0.25) is 10.0 Å². The van der Waals surface area contributed by atoms with Gasteiger partial charge < -0.3 is 5.32 Å². The van der Waals surface area contributed by atoms with E-state index in [1.54, 1.807) is 0 Å². The van der Waals surface area contributed by atoms with Gasteiger partial charge in [0.05, 0.1) is 21.8 Å². The minimum atomic E-state index is -3.46. The zero-order valence-electron chi connectivity index (χ0n) is 12.3. The number of non-ortho nitro benzene ring substituents is 1. The van der Waals surface area contributed by atoms with Crippen molar-refractivity contribution in [2.45, 2.75) is 0 Å². The van der Waals surface area contributed by atoms with Crippen LogP contribution in [0.15, 0.2) is 42.5 Å². The van der Waals surface area contributed by atoms with Crippen molar-refractivity contribution >= 4 is 44.6 Å². The number of amides is 1. The second kappa shape index (κ2) is 6.85. The number of nitro groups is 1. The highest BCUT2D eigenvalue weighted by Gasteiger charge is 2.14. The number of carbonyl (C=O) groups excluding carboxylic acids is 1. The molecule has 0 saturated heterocycles. The maximum atomic E-state index is 12.2. The summed E-state index contributed by atoms with van der Waals surface area (Å²) in [6.07, 6.45) is 0.990. The molecule has 0 aliphatic rings. The normalized spacial score (nSPS) is 10.9. The van der Waals surface area contributed by atoms with Crippen LogP contribution in [-0.2, 0) is 10.0 Å². The first-order valence-corrected chi connectivity index (χ1v) is 8.76. The number of hydrogen-bond acceptors (Lipinski definition) is 5. The van der Waals surface area contributed by atoms with Crippen LogP contribution >= 0.6 is 11.6 Å². The topological polar surface area (TPSA) is 118 Å². The van der Waals surface area contributed by atoms with Gasteiger partial charge in [-0.25, -0.2) is 8.42 Å². The number of nitro benzene ring substituents is 1. The summed E-state index contributed by atoms with van der Waals surface area (Å²) in [5.41, 5.74) is 0.395. The summed E-state index contributed by atoms with van der Waals surface area (Å²) in [6.45, 7) is 0. The van der Waals surface area contributed by atoms with E-state index in [1.807, 2.05) is 0 Å². The molecule has 0 radical (unpaired) electrons. The molecular weight excluding hydrogens is 358 g/mol. The molecule has 0 heterocycles. The van der Waals surface area contributed by atoms with Gasteiger partial charge in [0.25, 0.3) is 11.6 Å². The maximum absolute atomic E-state index is 12.2. The Bertz CT molecular complexity index is 914. The van der Waals surface area contributed by atoms with Gasteiger partial charge in [0, 0.05) is 23.5 Å². The van der Waals surface area contributed by atoms with Gasteiger partial charge in [0.1, 0.15) is 0 Å². The van der Waals surface area contributed by atoms with Crippen molar-refractivity contribution in [3.05, 3.63) is 63.2 Å². The third-order valence-corrected chi connectivity index (χ3v) is 3.75. The van der Waals surface area contributed by atoms with Gasteiger partial charge in [0.15, 0.2) is 0 Å². The van der Waals surface area contributed by atoms with Gasteiger partial charge in [-0.1, -0.05) is 17.7 Å². The maximum Gasteiger partial charge on any atom is 0.271 e. The largest absolute Gasteiger partial charge is 0.322 e. The number of benzene rings is 2. The van der Waals surface area contributed by atoms with Gasteiger partial charge in [-0.2, -0.15) is 0 Å². The minimum absolute atomic E-state index is 0.0339. The van der Waals surface area contributed by atoms with Crippen molar-refractivity contribution in [1.29, 1.82) is 0 Å². The molecule has 2 rings (SSSR count). The fourth-order valence-electron chi connectivity index (χ4n) is 1.87. The number of nitrogens with zero attached hydrogens (tertiary/aromatic N) is 1. The highest BCUT2D eigenvalue weighted by Crippen LogP contribution is 2.23. The van der Waals surface area contributed by atoms with Crippen LogP contribution < -0.4 is 10.0 Å². The Labute approximate surface area is 142 Å². The SMILES string of the molecule is CS(=O)(=O)Nc1ccc(C(=O)Nc2cccc([N+](=O)[O-])c2)c(Cl)c1. The molecule has 0 aliphatic heterocycles. The van der Waals surface area contributed by atoms with Crippen molar-refractivity contribution < 1.29 is 18.1 Å². The van der Waals surface area contributed by atoms with Crippen molar-refractivity contribution in [2.75, 3.05) is 16.3 Å². The minimum Gasteiger partial charge on any atom is -0.322 e. The molecule has 0 aliphatic carbocycles. The summed E-state index contributed by atoms with van der Waals surface area (Å²) in [4.78, 5) is 22.4. The fourth-order valence-corrected chi connectivity index (χ4v) is 2.69. The number of halogens is 1. The predicted molar refractivity (Wildman–Crippen MR) is 91.0 cm³/mol. The number of anilines is 2. The number of rotatable bonds is 5. The highest BCUT2D eigenvalue weighted by atomic mass is 35.5. The standard InChI is InChI=1S/C14H12ClN3O5S/c1-24(22,23)17-10-5-6-12(13(15)8-10)14(19)16-9-3-2-4-11(7-9)18(20)21/h2-8,17H,1H3,(H,16,19). The molecule has 0 saturated carbocycles. The molecular formula is C14H12ClN3O5S. The summed E-state index contributed by atoms with van der Waals surface area (Å²) in [7, 11) is -3.46. The second-order valence-corrected chi connectivity index (χ2v) is 6.99. The molecule has 0 bridgehead atoms. The Kier molecular flexibility index (Phi) is 5.05. The number of carbonyl (C=O) groups is 1. The Morgan fingerprint density at radius 1 is 1.17 bits per heavy atom. The highest BCUT2D eigenvalue weighted by molar-refractivity contribution is 7.92. The summed E-state index contributed by atoms with van der Waals surface area (Å²) >= 11 is 6.00. The monoisotopic (exact) mass is 369 g/mol. The van der Waals surface area contributed by atoms with Crippen molar-refractivity contribution in [3.63, 3.8) is 0 Å². The Morgan fingerprint density at radius 3 is 2.46 bits per heavy atom. The fraction of sp³-hybridized carbons (Fsp3) is 0.0714. The molecule has 126 valence electrons. The predicted octanol–water partition coefficient (Wildman–Crippen LogP) is 2.87. The lowest BCUT2D eigenvalue weighted by Gasteiger charge is -2.09. The van der Waals surface area contributed by atoms with Gasteiger partial charge >= 0.3 is 0 Å². The van der Waals surface area contributed by atoms with Crippen molar-refractivity contribution in [2.24, 2.45) is 0 Å². The molecule has 2 aromatic carbocycles. The van der Waals surface area contributed by atoms with Gasteiger partial charge in [-0.15, -0.1) is 0 Å². The Hall–Kier alpha value is -2.65. The van der Waals surface area contributed by atoms with E-state index in [0.717, 1.165) is 6.26 Å². The summed E-state index contributed by atoms with van der Waals surface area (Å²) < 4.78 is 24.6. The number of sulfonamides is 1. The molecule has 0 spiro atoms. The molecule has 24 heavy (non-hydrogen) atoms. The van der Waals surface area contributed by atoms with Crippen molar-refractivity contribution in [3.8, 4) is 0 Å². The smallest absolute Gasteiger partial charge is 0.271 e. The lowest BCUT2D eigenvalue weighted by atomic mass is 10.2. The first-order chi connectivity index (χ1) is 11.2. The Balaban J connectivity index is 2.21. The van der Waals surface area contributed by atoms with Crippen LogP contribution in [0.4, 0.5) is 17.1 Å². The van der Waals surface area contributed by atoms with Crippen LogP contribution in [0.5, 0.6) is 0 Å². The zero-order chi connectivity index (χ0) is 17.9. The molecule has 8 nitrogen and oxygen atoms in total. The van der Waals surface area contributed by atoms with E-state index < -0.39 is 20.9 Å².